The molecular formula is C16H25N. The fourth-order valence-corrected chi connectivity index (χ4v) is 2.58. The van der Waals surface area contributed by atoms with E-state index in [2.05, 4.69) is 56.4 Å². The maximum Gasteiger partial charge on any atom is 0.00104 e. The summed E-state index contributed by atoms with van der Waals surface area (Å²) in [5, 5.41) is 3.56. The van der Waals surface area contributed by atoms with Gasteiger partial charge in [0.15, 0.2) is 0 Å². The summed E-state index contributed by atoms with van der Waals surface area (Å²) in [6.45, 7) is 8.10. The first kappa shape index (κ1) is 12.6. The van der Waals surface area contributed by atoms with Gasteiger partial charge >= 0.3 is 0 Å². The lowest BCUT2D eigenvalue weighted by molar-refractivity contribution is 0.434. The normalized spacial score (nSPS) is 27.4. The number of benzene rings is 1. The molecular weight excluding hydrogens is 206 g/mol. The fraction of sp³-hybridized carbons (Fsp3) is 0.625. The van der Waals surface area contributed by atoms with Crippen LogP contribution in [0.15, 0.2) is 30.3 Å². The summed E-state index contributed by atoms with van der Waals surface area (Å²) in [5.41, 5.74) is 2.08. The van der Waals surface area contributed by atoms with Crippen LogP contribution in [-0.4, -0.2) is 12.6 Å². The third-order valence-electron chi connectivity index (χ3n) is 4.14. The number of rotatable bonds is 6. The molecule has 0 amide bonds. The van der Waals surface area contributed by atoms with E-state index in [0.717, 1.165) is 5.92 Å². The number of nitrogens with one attached hydrogen (secondary N) is 1. The van der Waals surface area contributed by atoms with E-state index in [9.17, 15) is 0 Å². The van der Waals surface area contributed by atoms with E-state index >= 15 is 0 Å². The number of aryl methyl sites for hydroxylation is 1. The molecule has 0 saturated heterocycles. The van der Waals surface area contributed by atoms with Crippen molar-refractivity contribution in [2.24, 2.45) is 11.3 Å². The second-order valence-electron chi connectivity index (χ2n) is 6.10. The Balaban J connectivity index is 1.74. The molecule has 1 fully saturated rings. The molecule has 0 spiro atoms. The molecule has 0 radical (unpaired) electrons. The molecule has 2 atom stereocenters. The summed E-state index contributed by atoms with van der Waals surface area (Å²) >= 11 is 0. The van der Waals surface area contributed by atoms with Gasteiger partial charge in [-0.1, -0.05) is 51.1 Å². The molecule has 1 N–H and O–H groups in total. The Kier molecular flexibility index (Phi) is 3.88. The number of hydrogen-bond acceptors (Lipinski definition) is 1. The Morgan fingerprint density at radius 1 is 1.29 bits per heavy atom. The van der Waals surface area contributed by atoms with E-state index in [1.54, 1.807) is 0 Å². The average molecular weight is 231 g/mol. The fourth-order valence-electron chi connectivity index (χ4n) is 2.58. The van der Waals surface area contributed by atoms with Crippen LogP contribution >= 0.6 is 0 Å². The zero-order valence-electron chi connectivity index (χ0n) is 11.4. The third-order valence-corrected chi connectivity index (χ3v) is 4.14. The monoisotopic (exact) mass is 231 g/mol. The summed E-state index contributed by atoms with van der Waals surface area (Å²) in [7, 11) is 0. The van der Waals surface area contributed by atoms with Crippen molar-refractivity contribution in [1.82, 2.24) is 5.32 Å². The van der Waals surface area contributed by atoms with Crippen LogP contribution in [0.25, 0.3) is 0 Å². The van der Waals surface area contributed by atoms with Gasteiger partial charge in [-0.2, -0.15) is 0 Å². The predicted octanol–water partition coefficient (Wildman–Crippen LogP) is 3.64. The Morgan fingerprint density at radius 2 is 2.00 bits per heavy atom. The first-order valence-electron chi connectivity index (χ1n) is 6.87. The van der Waals surface area contributed by atoms with Gasteiger partial charge in [0.1, 0.15) is 0 Å². The summed E-state index contributed by atoms with van der Waals surface area (Å²) < 4.78 is 0. The van der Waals surface area contributed by atoms with Gasteiger partial charge in [0.25, 0.3) is 0 Å². The molecule has 0 heterocycles. The van der Waals surface area contributed by atoms with Gasteiger partial charge in [-0.05, 0) is 42.7 Å². The second-order valence-corrected chi connectivity index (χ2v) is 6.10. The van der Waals surface area contributed by atoms with Gasteiger partial charge in [-0.3, -0.25) is 0 Å². The van der Waals surface area contributed by atoms with E-state index < -0.39 is 0 Å². The summed E-state index contributed by atoms with van der Waals surface area (Å²) in [6, 6.07) is 11.5. The van der Waals surface area contributed by atoms with Gasteiger partial charge in [-0.15, -0.1) is 0 Å². The molecule has 0 bridgehead atoms. The van der Waals surface area contributed by atoms with Crippen molar-refractivity contribution in [2.45, 2.75) is 46.1 Å². The lowest BCUT2D eigenvalue weighted by atomic mass is 9.96. The zero-order chi connectivity index (χ0) is 12.3. The van der Waals surface area contributed by atoms with E-state index in [-0.39, 0.29) is 0 Å². The Labute approximate surface area is 106 Å². The average Bonchev–Trinajstić information content (AvgIpc) is 2.97. The van der Waals surface area contributed by atoms with E-state index in [1.807, 2.05) is 0 Å². The smallest absolute Gasteiger partial charge is 0.00104 e. The van der Waals surface area contributed by atoms with E-state index in [0.29, 0.717) is 11.5 Å². The van der Waals surface area contributed by atoms with Crippen LogP contribution in [0.1, 0.15) is 39.2 Å². The molecule has 0 aromatic heterocycles. The van der Waals surface area contributed by atoms with Crippen molar-refractivity contribution >= 4 is 0 Å². The van der Waals surface area contributed by atoms with Gasteiger partial charge in [0, 0.05) is 6.04 Å². The highest BCUT2D eigenvalue weighted by Gasteiger charge is 2.48. The minimum atomic E-state index is 0.595. The highest BCUT2D eigenvalue weighted by molar-refractivity contribution is 5.16. The first-order valence-corrected chi connectivity index (χ1v) is 6.87. The van der Waals surface area contributed by atoms with Crippen molar-refractivity contribution in [3.63, 3.8) is 0 Å². The van der Waals surface area contributed by atoms with E-state index in [4.69, 9.17) is 0 Å². The van der Waals surface area contributed by atoms with Crippen molar-refractivity contribution in [3.05, 3.63) is 35.9 Å². The minimum absolute atomic E-state index is 0.595. The van der Waals surface area contributed by atoms with Crippen molar-refractivity contribution in [3.8, 4) is 0 Å². The number of hydrogen-bond donors (Lipinski definition) is 1. The van der Waals surface area contributed by atoms with Gasteiger partial charge in [0.2, 0.25) is 0 Å². The van der Waals surface area contributed by atoms with Crippen LogP contribution in [-0.2, 0) is 6.42 Å². The van der Waals surface area contributed by atoms with Crippen LogP contribution in [0.2, 0.25) is 0 Å². The molecule has 1 aromatic rings. The molecule has 2 rings (SSSR count). The van der Waals surface area contributed by atoms with Crippen molar-refractivity contribution in [2.75, 3.05) is 6.54 Å². The molecule has 17 heavy (non-hydrogen) atoms. The molecule has 1 aliphatic carbocycles. The quantitative estimate of drug-likeness (QED) is 0.788. The third kappa shape index (κ3) is 3.57. The van der Waals surface area contributed by atoms with Crippen LogP contribution in [0.3, 0.4) is 0 Å². The standard InChI is InChI=1S/C16H25N/c1-13(2)17-12-15-11-16(15,3)10-9-14-7-5-4-6-8-14/h4-8,13,15,17H,9-12H2,1-3H3. The summed E-state index contributed by atoms with van der Waals surface area (Å²) in [6.07, 6.45) is 3.97. The minimum Gasteiger partial charge on any atom is -0.314 e. The van der Waals surface area contributed by atoms with Gasteiger partial charge < -0.3 is 5.32 Å². The van der Waals surface area contributed by atoms with Crippen LogP contribution in [0.4, 0.5) is 0 Å². The van der Waals surface area contributed by atoms with Crippen LogP contribution in [0, 0.1) is 11.3 Å². The zero-order valence-corrected chi connectivity index (χ0v) is 11.4. The molecule has 94 valence electrons. The highest BCUT2D eigenvalue weighted by Crippen LogP contribution is 2.54. The molecule has 0 aliphatic heterocycles. The molecule has 1 heteroatoms. The Hall–Kier alpha value is -0.820. The molecule has 1 aromatic carbocycles. The SMILES string of the molecule is CC(C)NCC1CC1(C)CCc1ccccc1. The molecule has 1 aliphatic rings. The molecule has 2 unspecified atom stereocenters. The topological polar surface area (TPSA) is 12.0 Å². The predicted molar refractivity (Wildman–Crippen MR) is 74.1 cm³/mol. The highest BCUT2D eigenvalue weighted by atomic mass is 14.9. The van der Waals surface area contributed by atoms with Gasteiger partial charge in [-0.25, -0.2) is 0 Å². The lowest BCUT2D eigenvalue weighted by Crippen LogP contribution is -2.26. The Morgan fingerprint density at radius 3 is 2.65 bits per heavy atom. The summed E-state index contributed by atoms with van der Waals surface area (Å²) in [5.74, 6) is 0.897. The maximum absolute atomic E-state index is 3.56. The maximum atomic E-state index is 3.56. The summed E-state index contributed by atoms with van der Waals surface area (Å²) in [4.78, 5) is 0. The first-order chi connectivity index (χ1) is 8.10. The van der Waals surface area contributed by atoms with Gasteiger partial charge in [0.05, 0.1) is 0 Å². The molecule has 1 nitrogen and oxygen atoms in total. The van der Waals surface area contributed by atoms with Crippen LogP contribution < -0.4 is 5.32 Å². The second kappa shape index (κ2) is 5.22. The van der Waals surface area contributed by atoms with Crippen molar-refractivity contribution < 1.29 is 0 Å². The Bertz CT molecular complexity index is 344. The largest absolute Gasteiger partial charge is 0.314 e. The molecule has 1 saturated carbocycles. The van der Waals surface area contributed by atoms with Crippen molar-refractivity contribution in [1.29, 1.82) is 0 Å². The van der Waals surface area contributed by atoms with Crippen LogP contribution in [0.5, 0.6) is 0 Å². The van der Waals surface area contributed by atoms with E-state index in [1.165, 1.54) is 31.4 Å². The lowest BCUT2D eigenvalue weighted by Gasteiger charge is -2.13.